The average molecular weight is 232 g/mol. The summed E-state index contributed by atoms with van der Waals surface area (Å²) in [5.74, 6) is 0.138. The fourth-order valence-electron chi connectivity index (χ4n) is 2.59. The van der Waals surface area contributed by atoms with Crippen molar-refractivity contribution < 1.29 is 4.79 Å². The number of carbonyl (C=O) groups excluding carboxylic acids is 1. The van der Waals surface area contributed by atoms with Crippen LogP contribution < -0.4 is 10.2 Å². The number of benzene rings is 1. The fraction of sp³-hybridized carbons (Fsp3) is 0.500. The Bertz CT molecular complexity index is 428. The van der Waals surface area contributed by atoms with E-state index in [1.165, 1.54) is 11.1 Å². The van der Waals surface area contributed by atoms with Gasteiger partial charge in [-0.05, 0) is 50.6 Å². The van der Waals surface area contributed by atoms with Gasteiger partial charge >= 0.3 is 0 Å². The molecule has 17 heavy (non-hydrogen) atoms. The SMILES string of the molecule is CNCCc1ccc2c(c1)CC(C)N2C(C)=O. The van der Waals surface area contributed by atoms with Gasteiger partial charge in [0.15, 0.2) is 0 Å². The van der Waals surface area contributed by atoms with E-state index in [2.05, 4.69) is 30.4 Å². The Kier molecular flexibility index (Phi) is 3.48. The van der Waals surface area contributed by atoms with E-state index in [9.17, 15) is 4.79 Å². The van der Waals surface area contributed by atoms with Crippen molar-refractivity contribution in [3.63, 3.8) is 0 Å². The molecule has 1 amide bonds. The van der Waals surface area contributed by atoms with Crippen LogP contribution in [0.1, 0.15) is 25.0 Å². The van der Waals surface area contributed by atoms with Crippen molar-refractivity contribution in [3.05, 3.63) is 29.3 Å². The lowest BCUT2D eigenvalue weighted by Gasteiger charge is -2.20. The smallest absolute Gasteiger partial charge is 0.224 e. The quantitative estimate of drug-likeness (QED) is 0.861. The Balaban J connectivity index is 2.25. The van der Waals surface area contributed by atoms with Crippen LogP contribution in [0.3, 0.4) is 0 Å². The molecular formula is C14H20N2O. The molecule has 3 nitrogen and oxygen atoms in total. The van der Waals surface area contributed by atoms with Crippen molar-refractivity contribution >= 4 is 11.6 Å². The maximum absolute atomic E-state index is 11.6. The average Bonchev–Trinajstić information content (AvgIpc) is 2.61. The van der Waals surface area contributed by atoms with Gasteiger partial charge in [-0.15, -0.1) is 0 Å². The van der Waals surface area contributed by atoms with E-state index in [0.717, 1.165) is 25.1 Å². The fourth-order valence-corrected chi connectivity index (χ4v) is 2.59. The second-order valence-electron chi connectivity index (χ2n) is 4.76. The first-order valence-electron chi connectivity index (χ1n) is 6.19. The van der Waals surface area contributed by atoms with E-state index >= 15 is 0 Å². The van der Waals surface area contributed by atoms with Crippen molar-refractivity contribution in [1.82, 2.24) is 5.32 Å². The van der Waals surface area contributed by atoms with E-state index in [4.69, 9.17) is 0 Å². The summed E-state index contributed by atoms with van der Waals surface area (Å²) in [7, 11) is 1.97. The Hall–Kier alpha value is -1.35. The van der Waals surface area contributed by atoms with Crippen molar-refractivity contribution in [1.29, 1.82) is 0 Å². The summed E-state index contributed by atoms with van der Waals surface area (Å²) < 4.78 is 0. The first-order chi connectivity index (χ1) is 8.13. The largest absolute Gasteiger partial charge is 0.319 e. The number of fused-ring (bicyclic) bond motifs is 1. The molecule has 1 unspecified atom stereocenters. The monoisotopic (exact) mass is 232 g/mol. The maximum atomic E-state index is 11.6. The van der Waals surface area contributed by atoms with E-state index < -0.39 is 0 Å². The van der Waals surface area contributed by atoms with Gasteiger partial charge in [-0.2, -0.15) is 0 Å². The molecule has 1 aliphatic rings. The highest BCUT2D eigenvalue weighted by Crippen LogP contribution is 2.32. The van der Waals surface area contributed by atoms with Crippen LogP contribution in [0.2, 0.25) is 0 Å². The number of rotatable bonds is 3. The molecule has 0 aliphatic carbocycles. The van der Waals surface area contributed by atoms with Gasteiger partial charge in [0.05, 0.1) is 0 Å². The molecule has 3 heteroatoms. The Morgan fingerprint density at radius 2 is 2.29 bits per heavy atom. The summed E-state index contributed by atoms with van der Waals surface area (Å²) in [5.41, 5.74) is 3.75. The van der Waals surface area contributed by atoms with E-state index in [-0.39, 0.29) is 5.91 Å². The molecule has 1 aliphatic heterocycles. The number of anilines is 1. The molecule has 0 radical (unpaired) electrons. The van der Waals surface area contributed by atoms with Gasteiger partial charge in [-0.1, -0.05) is 12.1 Å². The molecule has 0 bridgehead atoms. The lowest BCUT2D eigenvalue weighted by atomic mass is 10.1. The number of nitrogens with zero attached hydrogens (tertiary/aromatic N) is 1. The van der Waals surface area contributed by atoms with Gasteiger partial charge in [-0.25, -0.2) is 0 Å². The van der Waals surface area contributed by atoms with Crippen LogP contribution >= 0.6 is 0 Å². The molecule has 2 rings (SSSR count). The molecule has 1 atom stereocenters. The molecule has 1 aromatic carbocycles. The third kappa shape index (κ3) is 2.34. The standard InChI is InChI=1S/C14H20N2O/c1-10-8-13-9-12(6-7-15-3)4-5-14(13)16(10)11(2)17/h4-5,9-10,15H,6-8H2,1-3H3. The minimum absolute atomic E-state index is 0.138. The van der Waals surface area contributed by atoms with Gasteiger partial charge in [0.1, 0.15) is 0 Å². The highest BCUT2D eigenvalue weighted by Gasteiger charge is 2.28. The Labute approximate surface area is 103 Å². The van der Waals surface area contributed by atoms with Crippen molar-refractivity contribution in [2.75, 3.05) is 18.5 Å². The van der Waals surface area contributed by atoms with Crippen molar-refractivity contribution in [3.8, 4) is 0 Å². The lowest BCUT2D eigenvalue weighted by Crippen LogP contribution is -2.33. The second kappa shape index (κ2) is 4.88. The molecule has 0 aromatic heterocycles. The van der Waals surface area contributed by atoms with Crippen LogP contribution in [0.25, 0.3) is 0 Å². The molecule has 0 spiro atoms. The summed E-state index contributed by atoms with van der Waals surface area (Å²) in [4.78, 5) is 13.5. The van der Waals surface area contributed by atoms with Crippen LogP contribution in [0.4, 0.5) is 5.69 Å². The third-order valence-electron chi connectivity index (χ3n) is 3.36. The van der Waals surface area contributed by atoms with Crippen LogP contribution in [0.5, 0.6) is 0 Å². The predicted octanol–water partition coefficient (Wildman–Crippen LogP) is 1.75. The zero-order valence-corrected chi connectivity index (χ0v) is 10.8. The summed E-state index contributed by atoms with van der Waals surface area (Å²) in [5, 5.41) is 3.16. The third-order valence-corrected chi connectivity index (χ3v) is 3.36. The normalized spacial score (nSPS) is 18.3. The molecule has 0 saturated heterocycles. The topological polar surface area (TPSA) is 32.3 Å². The summed E-state index contributed by atoms with van der Waals surface area (Å²) in [6.45, 7) is 4.74. The molecule has 1 aromatic rings. The minimum atomic E-state index is 0.138. The van der Waals surface area contributed by atoms with Gasteiger partial charge in [0.2, 0.25) is 5.91 Å². The van der Waals surface area contributed by atoms with Crippen LogP contribution in [0.15, 0.2) is 18.2 Å². The zero-order chi connectivity index (χ0) is 12.4. The molecule has 1 N–H and O–H groups in total. The molecule has 0 saturated carbocycles. The van der Waals surface area contributed by atoms with Gasteiger partial charge < -0.3 is 10.2 Å². The van der Waals surface area contributed by atoms with E-state index in [0.29, 0.717) is 6.04 Å². The lowest BCUT2D eigenvalue weighted by molar-refractivity contribution is -0.116. The van der Waals surface area contributed by atoms with Crippen LogP contribution in [0, 0.1) is 0 Å². The van der Waals surface area contributed by atoms with E-state index in [1.54, 1.807) is 6.92 Å². The number of hydrogen-bond donors (Lipinski definition) is 1. The minimum Gasteiger partial charge on any atom is -0.319 e. The molecule has 0 fully saturated rings. The zero-order valence-electron chi connectivity index (χ0n) is 10.8. The summed E-state index contributed by atoms with van der Waals surface area (Å²) in [6, 6.07) is 6.75. The number of hydrogen-bond acceptors (Lipinski definition) is 2. The van der Waals surface area contributed by atoms with Crippen LogP contribution in [-0.4, -0.2) is 25.5 Å². The van der Waals surface area contributed by atoms with Gasteiger partial charge in [-0.3, -0.25) is 4.79 Å². The summed E-state index contributed by atoms with van der Waals surface area (Å²) >= 11 is 0. The number of nitrogens with one attached hydrogen (secondary N) is 1. The molecule has 92 valence electrons. The highest BCUT2D eigenvalue weighted by atomic mass is 16.2. The first kappa shape index (κ1) is 12.1. The number of amides is 1. The van der Waals surface area contributed by atoms with Crippen LogP contribution in [-0.2, 0) is 17.6 Å². The number of carbonyl (C=O) groups is 1. The Morgan fingerprint density at radius 3 is 2.94 bits per heavy atom. The predicted molar refractivity (Wildman–Crippen MR) is 70.4 cm³/mol. The second-order valence-corrected chi connectivity index (χ2v) is 4.76. The van der Waals surface area contributed by atoms with Gasteiger partial charge in [0.25, 0.3) is 0 Å². The van der Waals surface area contributed by atoms with Gasteiger partial charge in [0, 0.05) is 18.7 Å². The Morgan fingerprint density at radius 1 is 1.53 bits per heavy atom. The summed E-state index contributed by atoms with van der Waals surface area (Å²) in [6.07, 6.45) is 2.01. The molecular weight excluding hydrogens is 212 g/mol. The van der Waals surface area contributed by atoms with Crippen molar-refractivity contribution in [2.24, 2.45) is 0 Å². The highest BCUT2D eigenvalue weighted by molar-refractivity contribution is 5.94. The molecule has 1 heterocycles. The number of likely N-dealkylation sites (N-methyl/N-ethyl adjacent to an activating group) is 1. The van der Waals surface area contributed by atoms with E-state index in [1.807, 2.05) is 11.9 Å². The maximum Gasteiger partial charge on any atom is 0.224 e. The van der Waals surface area contributed by atoms with Crippen molar-refractivity contribution in [2.45, 2.75) is 32.7 Å². The first-order valence-corrected chi connectivity index (χ1v) is 6.19.